The molecule has 130 valence electrons. The van der Waals surface area contributed by atoms with Gasteiger partial charge in [-0.15, -0.1) is 0 Å². The van der Waals surface area contributed by atoms with Crippen molar-refractivity contribution in [3.63, 3.8) is 0 Å². The summed E-state index contributed by atoms with van der Waals surface area (Å²) in [6, 6.07) is 0. The highest BCUT2D eigenvalue weighted by molar-refractivity contribution is 4.89. The Morgan fingerprint density at radius 1 is 0.773 bits per heavy atom. The molecule has 2 fully saturated rings. The van der Waals surface area contributed by atoms with E-state index in [-0.39, 0.29) is 0 Å². The van der Waals surface area contributed by atoms with Crippen LogP contribution in [0.15, 0.2) is 0 Å². The second kappa shape index (κ2) is 9.28. The van der Waals surface area contributed by atoms with E-state index in [9.17, 15) is 4.39 Å². The highest BCUT2D eigenvalue weighted by Crippen LogP contribution is 2.45. The highest BCUT2D eigenvalue weighted by atomic mass is 19.1. The third kappa shape index (κ3) is 5.53. The summed E-state index contributed by atoms with van der Waals surface area (Å²) in [6.07, 6.45) is 18.3. The molecule has 1 heteroatoms. The molecule has 0 unspecified atom stereocenters. The van der Waals surface area contributed by atoms with E-state index in [1.165, 1.54) is 70.6 Å². The van der Waals surface area contributed by atoms with Gasteiger partial charge >= 0.3 is 0 Å². The van der Waals surface area contributed by atoms with Crippen LogP contribution in [0.3, 0.4) is 0 Å². The van der Waals surface area contributed by atoms with Gasteiger partial charge in [-0.25, -0.2) is 4.39 Å². The van der Waals surface area contributed by atoms with Gasteiger partial charge in [0.25, 0.3) is 0 Å². The average Bonchev–Trinajstić information content (AvgIpc) is 2.55. The number of halogens is 1. The molecule has 0 aromatic heterocycles. The first-order chi connectivity index (χ1) is 10.7. The molecule has 2 saturated carbocycles. The first kappa shape index (κ1) is 18.3. The molecule has 0 aliphatic heterocycles. The second-order valence-corrected chi connectivity index (χ2v) is 8.34. The number of alkyl halides is 1. The Morgan fingerprint density at radius 3 is 1.95 bits per heavy atom. The van der Waals surface area contributed by atoms with E-state index in [0.717, 1.165) is 43.4 Å². The molecule has 0 amide bonds. The Morgan fingerprint density at radius 2 is 1.36 bits per heavy atom. The summed E-state index contributed by atoms with van der Waals surface area (Å²) in [5, 5.41) is 0. The molecule has 0 bridgehead atoms. The minimum Gasteiger partial charge on any atom is -0.244 e. The first-order valence-electron chi connectivity index (χ1n) is 10.4. The molecule has 0 spiro atoms. The quantitative estimate of drug-likeness (QED) is 0.408. The van der Waals surface area contributed by atoms with E-state index in [2.05, 4.69) is 13.8 Å². The van der Waals surface area contributed by atoms with Gasteiger partial charge in [0, 0.05) is 0 Å². The minimum absolute atomic E-state index is 0.802. The van der Waals surface area contributed by atoms with Crippen molar-refractivity contribution in [1.29, 1.82) is 0 Å². The van der Waals surface area contributed by atoms with Crippen LogP contribution in [-0.2, 0) is 0 Å². The second-order valence-electron chi connectivity index (χ2n) is 8.34. The van der Waals surface area contributed by atoms with Crippen LogP contribution in [0.5, 0.6) is 0 Å². The standard InChI is InChI=1S/C21H39F/c1-3-5-6-7-8-15-21(22)16-13-20(14-17-21)19-11-9-18(4-2)10-12-19/h18-20H,3-17H2,1-2H3/t18?,19?,20-,21+. The van der Waals surface area contributed by atoms with Crippen molar-refractivity contribution in [3.05, 3.63) is 0 Å². The molecular weight excluding hydrogens is 271 g/mol. The third-order valence-electron chi connectivity index (χ3n) is 6.79. The fourth-order valence-corrected chi connectivity index (χ4v) is 4.99. The molecule has 0 aromatic rings. The van der Waals surface area contributed by atoms with Gasteiger partial charge in [0.05, 0.1) is 0 Å². The van der Waals surface area contributed by atoms with Gasteiger partial charge in [-0.3, -0.25) is 0 Å². The van der Waals surface area contributed by atoms with E-state index >= 15 is 0 Å². The van der Waals surface area contributed by atoms with Crippen molar-refractivity contribution in [2.45, 2.75) is 116 Å². The number of unbranched alkanes of at least 4 members (excludes halogenated alkanes) is 4. The van der Waals surface area contributed by atoms with Gasteiger partial charge < -0.3 is 0 Å². The zero-order valence-electron chi connectivity index (χ0n) is 15.2. The smallest absolute Gasteiger partial charge is 0.111 e. The van der Waals surface area contributed by atoms with Crippen molar-refractivity contribution < 1.29 is 4.39 Å². The normalized spacial score (nSPS) is 36.4. The Labute approximate surface area is 138 Å². The lowest BCUT2D eigenvalue weighted by Gasteiger charge is -2.40. The van der Waals surface area contributed by atoms with Crippen LogP contribution in [0.2, 0.25) is 0 Å². The maximum absolute atomic E-state index is 14.9. The van der Waals surface area contributed by atoms with E-state index in [1.54, 1.807) is 0 Å². The predicted octanol–water partition coefficient (Wildman–Crippen LogP) is 7.46. The topological polar surface area (TPSA) is 0 Å². The summed E-state index contributed by atoms with van der Waals surface area (Å²) in [5.74, 6) is 2.77. The largest absolute Gasteiger partial charge is 0.244 e. The molecule has 0 aromatic carbocycles. The van der Waals surface area contributed by atoms with Crippen LogP contribution in [0.25, 0.3) is 0 Å². The van der Waals surface area contributed by atoms with Crippen LogP contribution in [0, 0.1) is 17.8 Å². The maximum Gasteiger partial charge on any atom is 0.111 e. The Balaban J connectivity index is 1.64. The van der Waals surface area contributed by atoms with E-state index in [4.69, 9.17) is 0 Å². The summed E-state index contributed by atoms with van der Waals surface area (Å²) in [6.45, 7) is 4.58. The summed E-state index contributed by atoms with van der Waals surface area (Å²) in [5.41, 5.74) is -0.802. The minimum atomic E-state index is -0.802. The Kier molecular flexibility index (Phi) is 7.71. The Bertz CT molecular complexity index is 282. The number of rotatable bonds is 8. The lowest BCUT2D eigenvalue weighted by Crippen LogP contribution is -2.33. The van der Waals surface area contributed by atoms with Crippen molar-refractivity contribution in [2.24, 2.45) is 17.8 Å². The van der Waals surface area contributed by atoms with Gasteiger partial charge in [0.1, 0.15) is 5.67 Å². The molecule has 0 saturated heterocycles. The van der Waals surface area contributed by atoms with Gasteiger partial charge in [0.2, 0.25) is 0 Å². The number of hydrogen-bond donors (Lipinski definition) is 0. The molecule has 0 atom stereocenters. The van der Waals surface area contributed by atoms with Gasteiger partial charge in [0.15, 0.2) is 0 Å². The van der Waals surface area contributed by atoms with Crippen LogP contribution < -0.4 is 0 Å². The molecule has 2 rings (SSSR count). The third-order valence-corrected chi connectivity index (χ3v) is 6.79. The highest BCUT2D eigenvalue weighted by Gasteiger charge is 2.37. The van der Waals surface area contributed by atoms with Crippen molar-refractivity contribution >= 4 is 0 Å². The van der Waals surface area contributed by atoms with E-state index < -0.39 is 5.67 Å². The van der Waals surface area contributed by atoms with Crippen LogP contribution >= 0.6 is 0 Å². The summed E-state index contributed by atoms with van der Waals surface area (Å²) in [7, 11) is 0. The molecule has 0 heterocycles. The van der Waals surface area contributed by atoms with E-state index in [0.29, 0.717) is 0 Å². The molecule has 2 aliphatic rings. The van der Waals surface area contributed by atoms with Crippen molar-refractivity contribution in [2.75, 3.05) is 0 Å². The molecule has 22 heavy (non-hydrogen) atoms. The zero-order chi connectivity index (χ0) is 15.8. The van der Waals surface area contributed by atoms with Gasteiger partial charge in [-0.1, -0.05) is 65.2 Å². The number of hydrogen-bond acceptors (Lipinski definition) is 0. The van der Waals surface area contributed by atoms with Gasteiger partial charge in [-0.05, 0) is 62.7 Å². The lowest BCUT2D eigenvalue weighted by molar-refractivity contribution is 0.0458. The molecule has 0 nitrogen and oxygen atoms in total. The van der Waals surface area contributed by atoms with Crippen molar-refractivity contribution in [1.82, 2.24) is 0 Å². The predicted molar refractivity (Wildman–Crippen MR) is 94.9 cm³/mol. The summed E-state index contributed by atoms with van der Waals surface area (Å²) < 4.78 is 14.9. The zero-order valence-corrected chi connectivity index (χ0v) is 15.2. The van der Waals surface area contributed by atoms with Crippen LogP contribution in [0.1, 0.15) is 110 Å². The fourth-order valence-electron chi connectivity index (χ4n) is 4.99. The molecule has 0 N–H and O–H groups in total. The van der Waals surface area contributed by atoms with Gasteiger partial charge in [-0.2, -0.15) is 0 Å². The average molecular weight is 311 g/mol. The SMILES string of the molecule is CCCCCCC[C@]1(F)CC[C@@H](C2CCC(CC)CC2)CC1. The van der Waals surface area contributed by atoms with Crippen molar-refractivity contribution in [3.8, 4) is 0 Å². The fraction of sp³-hybridized carbons (Fsp3) is 1.00. The Hall–Kier alpha value is -0.0700. The van der Waals surface area contributed by atoms with E-state index in [1.807, 2.05) is 0 Å². The summed E-state index contributed by atoms with van der Waals surface area (Å²) in [4.78, 5) is 0. The maximum atomic E-state index is 14.9. The monoisotopic (exact) mass is 310 g/mol. The molecule has 0 radical (unpaired) electrons. The molecule has 2 aliphatic carbocycles. The first-order valence-corrected chi connectivity index (χ1v) is 10.4. The molecular formula is C21H39F. The van der Waals surface area contributed by atoms with Crippen LogP contribution in [-0.4, -0.2) is 5.67 Å². The lowest BCUT2D eigenvalue weighted by atomic mass is 9.67. The van der Waals surface area contributed by atoms with Crippen LogP contribution in [0.4, 0.5) is 4.39 Å². The summed E-state index contributed by atoms with van der Waals surface area (Å²) >= 11 is 0.